The second-order valence-corrected chi connectivity index (χ2v) is 8.51. The number of nitrogens with one attached hydrogen (secondary N) is 1. The molecule has 0 saturated heterocycles. The summed E-state index contributed by atoms with van der Waals surface area (Å²) < 4.78 is 1.72. The average molecular weight is 436 g/mol. The second-order valence-electron chi connectivity index (χ2n) is 7.51. The normalized spacial score (nSPS) is 11.2. The van der Waals surface area contributed by atoms with Gasteiger partial charge in [-0.15, -0.1) is 11.3 Å². The van der Waals surface area contributed by atoms with Crippen molar-refractivity contribution in [3.05, 3.63) is 69.0 Å². The number of H-pyrrole nitrogens is 1. The summed E-state index contributed by atoms with van der Waals surface area (Å²) in [4.78, 5) is 40.9. The number of carboxylic acids is 1. The van der Waals surface area contributed by atoms with Gasteiger partial charge in [0.15, 0.2) is 11.6 Å². The minimum absolute atomic E-state index is 0.0961. The number of carbonyl (C=O) groups is 3. The van der Waals surface area contributed by atoms with Crippen LogP contribution in [0.2, 0.25) is 0 Å². The summed E-state index contributed by atoms with van der Waals surface area (Å²) in [6, 6.07) is 9.46. The monoisotopic (exact) mass is 435 g/mol. The fourth-order valence-corrected chi connectivity index (χ4v) is 5.29. The van der Waals surface area contributed by atoms with Crippen LogP contribution in [0.1, 0.15) is 60.0 Å². The van der Waals surface area contributed by atoms with Gasteiger partial charge in [-0.1, -0.05) is 18.2 Å². The smallest absolute Gasteiger partial charge is 0.346 e. The largest absolute Gasteiger partial charge is 0.477 e. The molecule has 0 spiro atoms. The number of aromatic amines is 1. The van der Waals surface area contributed by atoms with E-state index in [0.717, 1.165) is 17.0 Å². The maximum atomic E-state index is 13.2. The van der Waals surface area contributed by atoms with Crippen molar-refractivity contribution in [3.8, 4) is 5.69 Å². The van der Waals surface area contributed by atoms with E-state index < -0.39 is 5.97 Å². The molecule has 2 N–H and O–H groups in total. The predicted molar refractivity (Wildman–Crippen MR) is 119 cm³/mol. The first kappa shape index (κ1) is 20.7. The first-order chi connectivity index (χ1) is 14.7. The predicted octanol–water partition coefficient (Wildman–Crippen LogP) is 4.67. The number of para-hydroxylation sites is 1. The summed E-state index contributed by atoms with van der Waals surface area (Å²) in [7, 11) is 0. The highest BCUT2D eigenvalue weighted by atomic mass is 32.1. The number of thiophene rings is 1. The van der Waals surface area contributed by atoms with E-state index in [-0.39, 0.29) is 22.9 Å². The summed E-state index contributed by atoms with van der Waals surface area (Å²) in [5.41, 5.74) is 4.00. The number of aromatic nitrogens is 3. The Morgan fingerprint density at radius 2 is 1.81 bits per heavy atom. The van der Waals surface area contributed by atoms with Gasteiger partial charge in [0.25, 0.3) is 0 Å². The Kier molecular flexibility index (Phi) is 5.10. The standard InChI is InChI=1S/C23H21N3O4S/c1-11-18(14(4)27)12(2)24-20(11)17(28)10-16-19-13(3)25-26(15-8-6-5-7-9-15)22(19)31-21(16)23(29)30/h5-9,24H,10H2,1-4H3,(H,29,30). The highest BCUT2D eigenvalue weighted by molar-refractivity contribution is 7.20. The molecule has 0 atom stereocenters. The summed E-state index contributed by atoms with van der Waals surface area (Å²) >= 11 is 1.11. The molecule has 0 aliphatic rings. The van der Waals surface area contributed by atoms with Gasteiger partial charge in [-0.2, -0.15) is 5.10 Å². The van der Waals surface area contributed by atoms with E-state index in [1.807, 2.05) is 37.3 Å². The molecule has 0 aliphatic carbocycles. The van der Waals surface area contributed by atoms with Gasteiger partial charge in [0.05, 0.1) is 17.1 Å². The SMILES string of the molecule is CC(=O)c1c(C)[nH]c(C(=O)Cc2c(C(=O)O)sc3c2c(C)nn3-c2ccccc2)c1C. The Morgan fingerprint density at radius 3 is 2.39 bits per heavy atom. The topological polar surface area (TPSA) is 105 Å². The van der Waals surface area contributed by atoms with Crippen molar-refractivity contribution in [2.75, 3.05) is 0 Å². The van der Waals surface area contributed by atoms with Crippen LogP contribution in [0, 0.1) is 20.8 Å². The van der Waals surface area contributed by atoms with Gasteiger partial charge >= 0.3 is 5.97 Å². The lowest BCUT2D eigenvalue weighted by atomic mass is 10.00. The van der Waals surface area contributed by atoms with Crippen LogP contribution >= 0.6 is 11.3 Å². The molecule has 8 heteroatoms. The minimum Gasteiger partial charge on any atom is -0.477 e. The average Bonchev–Trinajstić information content (AvgIpc) is 3.34. The number of Topliss-reactive ketones (excluding diaryl/α,β-unsaturated/α-hetero) is 2. The highest BCUT2D eigenvalue weighted by Crippen LogP contribution is 2.36. The number of carbonyl (C=O) groups excluding carboxylic acids is 2. The summed E-state index contributed by atoms with van der Waals surface area (Å²) in [5.74, 6) is -1.46. The molecule has 3 heterocycles. The molecule has 0 radical (unpaired) electrons. The van der Waals surface area contributed by atoms with E-state index in [1.54, 1.807) is 18.5 Å². The number of ketones is 2. The first-order valence-corrected chi connectivity index (χ1v) is 10.5. The molecule has 0 amide bonds. The van der Waals surface area contributed by atoms with Crippen molar-refractivity contribution < 1.29 is 19.5 Å². The van der Waals surface area contributed by atoms with Crippen LogP contribution in [0.4, 0.5) is 0 Å². The number of hydrogen-bond donors (Lipinski definition) is 2. The highest BCUT2D eigenvalue weighted by Gasteiger charge is 2.27. The van der Waals surface area contributed by atoms with Crippen molar-refractivity contribution in [1.29, 1.82) is 0 Å². The fraction of sp³-hybridized carbons (Fsp3) is 0.217. The zero-order valence-corrected chi connectivity index (χ0v) is 18.4. The molecular formula is C23H21N3O4S. The minimum atomic E-state index is -1.08. The van der Waals surface area contributed by atoms with Crippen LogP contribution in [-0.4, -0.2) is 37.4 Å². The lowest BCUT2D eigenvalue weighted by Gasteiger charge is -2.03. The number of hydrogen-bond acceptors (Lipinski definition) is 5. The van der Waals surface area contributed by atoms with Gasteiger partial charge in [-0.05, 0) is 51.0 Å². The van der Waals surface area contributed by atoms with Gasteiger partial charge in [-0.3, -0.25) is 9.59 Å². The molecule has 0 saturated carbocycles. The molecular weight excluding hydrogens is 414 g/mol. The number of aryl methyl sites for hydroxylation is 2. The number of rotatable bonds is 6. The fourth-order valence-electron chi connectivity index (χ4n) is 4.11. The van der Waals surface area contributed by atoms with E-state index in [2.05, 4.69) is 10.1 Å². The van der Waals surface area contributed by atoms with Gasteiger partial charge < -0.3 is 10.1 Å². The first-order valence-electron chi connectivity index (χ1n) is 9.73. The Bertz CT molecular complexity index is 1360. The molecule has 4 aromatic rings. The molecule has 4 rings (SSSR count). The Hall–Kier alpha value is -3.52. The van der Waals surface area contributed by atoms with Crippen LogP contribution in [0.5, 0.6) is 0 Å². The lowest BCUT2D eigenvalue weighted by Crippen LogP contribution is -2.09. The van der Waals surface area contributed by atoms with Crippen molar-refractivity contribution >= 4 is 39.1 Å². The quantitative estimate of drug-likeness (QED) is 0.428. The molecule has 0 fully saturated rings. The molecule has 7 nitrogen and oxygen atoms in total. The summed E-state index contributed by atoms with van der Waals surface area (Å²) in [6.45, 7) is 6.75. The van der Waals surface area contributed by atoms with Gasteiger partial charge in [0.1, 0.15) is 9.71 Å². The zero-order valence-electron chi connectivity index (χ0n) is 17.6. The third-order valence-corrected chi connectivity index (χ3v) is 6.59. The van der Waals surface area contributed by atoms with E-state index >= 15 is 0 Å². The summed E-state index contributed by atoms with van der Waals surface area (Å²) in [6.07, 6.45) is -0.0961. The van der Waals surface area contributed by atoms with Crippen LogP contribution < -0.4 is 0 Å². The third-order valence-electron chi connectivity index (χ3n) is 5.39. The number of carboxylic acid groups (broad SMARTS) is 1. The van der Waals surface area contributed by atoms with Crippen molar-refractivity contribution in [1.82, 2.24) is 14.8 Å². The van der Waals surface area contributed by atoms with Gasteiger partial charge in [0, 0.05) is 23.1 Å². The van der Waals surface area contributed by atoms with E-state index in [1.165, 1.54) is 6.92 Å². The molecule has 0 bridgehead atoms. The Morgan fingerprint density at radius 1 is 1.13 bits per heavy atom. The molecule has 158 valence electrons. The van der Waals surface area contributed by atoms with Gasteiger partial charge in [0.2, 0.25) is 0 Å². The third kappa shape index (κ3) is 3.38. The molecule has 31 heavy (non-hydrogen) atoms. The van der Waals surface area contributed by atoms with Crippen LogP contribution in [0.25, 0.3) is 15.9 Å². The molecule has 0 unspecified atom stereocenters. The van der Waals surface area contributed by atoms with E-state index in [9.17, 15) is 19.5 Å². The maximum Gasteiger partial charge on any atom is 0.346 e. The van der Waals surface area contributed by atoms with E-state index in [0.29, 0.717) is 44.0 Å². The van der Waals surface area contributed by atoms with Crippen molar-refractivity contribution in [2.24, 2.45) is 0 Å². The van der Waals surface area contributed by atoms with E-state index in [4.69, 9.17) is 0 Å². The van der Waals surface area contributed by atoms with Crippen molar-refractivity contribution in [3.63, 3.8) is 0 Å². The zero-order chi connectivity index (χ0) is 22.4. The number of benzene rings is 1. The number of aromatic carboxylic acids is 1. The number of fused-ring (bicyclic) bond motifs is 1. The van der Waals surface area contributed by atoms with Crippen LogP contribution in [0.15, 0.2) is 30.3 Å². The van der Waals surface area contributed by atoms with Crippen LogP contribution in [-0.2, 0) is 6.42 Å². The summed E-state index contributed by atoms with van der Waals surface area (Å²) in [5, 5.41) is 15.1. The molecule has 3 aromatic heterocycles. The maximum absolute atomic E-state index is 13.2. The van der Waals surface area contributed by atoms with Crippen molar-refractivity contribution in [2.45, 2.75) is 34.1 Å². The second kappa shape index (κ2) is 7.63. The Labute approximate surface area is 182 Å². The van der Waals surface area contributed by atoms with Gasteiger partial charge in [-0.25, -0.2) is 9.48 Å². The molecule has 1 aromatic carbocycles. The molecule has 0 aliphatic heterocycles. The van der Waals surface area contributed by atoms with Crippen LogP contribution in [0.3, 0.4) is 0 Å². The lowest BCUT2D eigenvalue weighted by molar-refractivity contribution is 0.0701. The Balaban J connectivity index is 1.84. The number of nitrogens with zero attached hydrogens (tertiary/aromatic N) is 2.